The van der Waals surface area contributed by atoms with Crippen LogP contribution in [0.4, 0.5) is 5.69 Å². The molecule has 6 heteroatoms. The number of carbonyl (C=O) groups excluding carboxylic acids is 2. The number of benzene rings is 2. The third-order valence-electron chi connectivity index (χ3n) is 4.90. The number of Topliss-reactive ketones (excluding diaryl/α,β-unsaturated/α-hetero) is 1. The highest BCUT2D eigenvalue weighted by Gasteiger charge is 2.25. The molecule has 0 aliphatic heterocycles. The number of aromatic nitrogens is 3. The first kappa shape index (κ1) is 17.7. The van der Waals surface area contributed by atoms with E-state index in [4.69, 9.17) is 0 Å². The lowest BCUT2D eigenvalue weighted by molar-refractivity contribution is -0.112. The monoisotopic (exact) mass is 372 g/mol. The SMILES string of the molecule is Cc1nn(-c2ccccc2)c(C)c1C(=O)C(=O)Nc1cccc2c1ccn2C. The average Bonchev–Trinajstić information content (AvgIpc) is 3.22. The Labute approximate surface area is 162 Å². The molecule has 140 valence electrons. The molecule has 2 heterocycles. The van der Waals surface area contributed by atoms with Crippen LogP contribution in [0.25, 0.3) is 16.6 Å². The van der Waals surface area contributed by atoms with Crippen molar-refractivity contribution in [3.8, 4) is 5.69 Å². The van der Waals surface area contributed by atoms with Crippen LogP contribution in [0.3, 0.4) is 0 Å². The van der Waals surface area contributed by atoms with Gasteiger partial charge in [0.1, 0.15) is 0 Å². The molecule has 0 fully saturated rings. The number of carbonyl (C=O) groups is 2. The van der Waals surface area contributed by atoms with Crippen LogP contribution in [0.1, 0.15) is 21.7 Å². The van der Waals surface area contributed by atoms with Crippen molar-refractivity contribution >= 4 is 28.3 Å². The normalized spacial score (nSPS) is 11.0. The van der Waals surface area contributed by atoms with Crippen LogP contribution in [-0.4, -0.2) is 26.0 Å². The van der Waals surface area contributed by atoms with Gasteiger partial charge < -0.3 is 9.88 Å². The maximum Gasteiger partial charge on any atom is 0.296 e. The fraction of sp³-hybridized carbons (Fsp3) is 0.136. The summed E-state index contributed by atoms with van der Waals surface area (Å²) in [5.74, 6) is -1.26. The summed E-state index contributed by atoms with van der Waals surface area (Å²) in [4.78, 5) is 25.6. The zero-order chi connectivity index (χ0) is 19.8. The highest BCUT2D eigenvalue weighted by atomic mass is 16.2. The van der Waals surface area contributed by atoms with Crippen LogP contribution < -0.4 is 5.32 Å². The number of para-hydroxylation sites is 1. The molecule has 4 rings (SSSR count). The molecule has 0 radical (unpaired) electrons. The largest absolute Gasteiger partial charge is 0.350 e. The van der Waals surface area contributed by atoms with E-state index in [1.807, 2.05) is 66.3 Å². The number of hydrogen-bond acceptors (Lipinski definition) is 3. The fourth-order valence-electron chi connectivity index (χ4n) is 3.50. The lowest BCUT2D eigenvalue weighted by atomic mass is 10.1. The highest BCUT2D eigenvalue weighted by molar-refractivity contribution is 6.47. The summed E-state index contributed by atoms with van der Waals surface area (Å²) >= 11 is 0. The number of nitrogens with zero attached hydrogens (tertiary/aromatic N) is 3. The summed E-state index contributed by atoms with van der Waals surface area (Å²) in [6, 6.07) is 17.1. The van der Waals surface area contributed by atoms with Gasteiger partial charge in [-0.05, 0) is 44.2 Å². The van der Waals surface area contributed by atoms with Gasteiger partial charge in [-0.15, -0.1) is 0 Å². The van der Waals surface area contributed by atoms with Crippen LogP contribution in [0.2, 0.25) is 0 Å². The molecule has 1 N–H and O–H groups in total. The first-order chi connectivity index (χ1) is 13.5. The Hall–Kier alpha value is -3.67. The minimum atomic E-state index is -0.671. The molecule has 1 amide bonds. The average molecular weight is 372 g/mol. The van der Waals surface area contributed by atoms with Crippen LogP contribution in [-0.2, 0) is 11.8 Å². The zero-order valence-electron chi connectivity index (χ0n) is 15.9. The van der Waals surface area contributed by atoms with Crippen molar-refractivity contribution in [2.24, 2.45) is 7.05 Å². The Kier molecular flexibility index (Phi) is 4.31. The van der Waals surface area contributed by atoms with E-state index in [1.165, 1.54) is 0 Å². The first-order valence-corrected chi connectivity index (χ1v) is 8.98. The van der Waals surface area contributed by atoms with Gasteiger partial charge in [-0.3, -0.25) is 9.59 Å². The van der Waals surface area contributed by atoms with E-state index in [0.717, 1.165) is 16.6 Å². The van der Waals surface area contributed by atoms with E-state index in [-0.39, 0.29) is 0 Å². The van der Waals surface area contributed by atoms with Gasteiger partial charge in [0.15, 0.2) is 0 Å². The number of aryl methyl sites for hydroxylation is 2. The minimum absolute atomic E-state index is 0.335. The van der Waals surface area contributed by atoms with Crippen molar-refractivity contribution in [2.45, 2.75) is 13.8 Å². The van der Waals surface area contributed by atoms with E-state index in [0.29, 0.717) is 22.6 Å². The summed E-state index contributed by atoms with van der Waals surface area (Å²) in [5.41, 5.74) is 3.94. The third kappa shape index (κ3) is 2.89. The summed E-state index contributed by atoms with van der Waals surface area (Å²) in [6.07, 6.45) is 1.92. The number of anilines is 1. The second-order valence-electron chi connectivity index (χ2n) is 6.74. The van der Waals surface area contributed by atoms with Crippen molar-refractivity contribution in [2.75, 3.05) is 5.32 Å². The van der Waals surface area contributed by atoms with Gasteiger partial charge in [0.25, 0.3) is 11.7 Å². The van der Waals surface area contributed by atoms with Gasteiger partial charge in [-0.2, -0.15) is 5.10 Å². The zero-order valence-corrected chi connectivity index (χ0v) is 15.9. The van der Waals surface area contributed by atoms with E-state index < -0.39 is 11.7 Å². The fourth-order valence-corrected chi connectivity index (χ4v) is 3.50. The van der Waals surface area contributed by atoms with Crippen molar-refractivity contribution in [1.29, 1.82) is 0 Å². The maximum absolute atomic E-state index is 12.9. The molecule has 0 bridgehead atoms. The van der Waals surface area contributed by atoms with E-state index >= 15 is 0 Å². The van der Waals surface area contributed by atoms with Gasteiger partial charge in [-0.25, -0.2) is 4.68 Å². The maximum atomic E-state index is 12.9. The van der Waals surface area contributed by atoms with Gasteiger partial charge in [0, 0.05) is 24.1 Å². The van der Waals surface area contributed by atoms with Gasteiger partial charge >= 0.3 is 0 Å². The number of rotatable bonds is 4. The molecule has 0 saturated carbocycles. The van der Waals surface area contributed by atoms with Gasteiger partial charge in [-0.1, -0.05) is 24.3 Å². The topological polar surface area (TPSA) is 68.9 Å². The van der Waals surface area contributed by atoms with Crippen molar-refractivity contribution < 1.29 is 9.59 Å². The van der Waals surface area contributed by atoms with E-state index in [9.17, 15) is 9.59 Å². The van der Waals surface area contributed by atoms with Gasteiger partial charge in [0.2, 0.25) is 0 Å². The number of amides is 1. The first-order valence-electron chi connectivity index (χ1n) is 8.98. The van der Waals surface area contributed by atoms with Crippen LogP contribution in [0.15, 0.2) is 60.8 Å². The highest BCUT2D eigenvalue weighted by Crippen LogP contribution is 2.25. The third-order valence-corrected chi connectivity index (χ3v) is 4.90. The molecule has 0 saturated heterocycles. The Bertz CT molecular complexity index is 1200. The summed E-state index contributed by atoms with van der Waals surface area (Å²) < 4.78 is 3.65. The predicted molar refractivity (Wildman–Crippen MR) is 109 cm³/mol. The molecular formula is C22H20N4O2. The van der Waals surface area contributed by atoms with Crippen LogP contribution >= 0.6 is 0 Å². The smallest absolute Gasteiger partial charge is 0.296 e. The molecule has 2 aromatic heterocycles. The lowest BCUT2D eigenvalue weighted by Gasteiger charge is -2.07. The second-order valence-corrected chi connectivity index (χ2v) is 6.74. The number of fused-ring (bicyclic) bond motifs is 1. The minimum Gasteiger partial charge on any atom is -0.350 e. The van der Waals surface area contributed by atoms with Gasteiger partial charge in [0.05, 0.1) is 28.3 Å². The molecule has 0 aliphatic carbocycles. The number of hydrogen-bond donors (Lipinski definition) is 1. The molecule has 6 nitrogen and oxygen atoms in total. The Morgan fingerprint density at radius 2 is 1.71 bits per heavy atom. The van der Waals surface area contributed by atoms with E-state index in [1.54, 1.807) is 24.6 Å². The molecular weight excluding hydrogens is 352 g/mol. The number of nitrogens with one attached hydrogen (secondary N) is 1. The lowest BCUT2D eigenvalue weighted by Crippen LogP contribution is -2.24. The van der Waals surface area contributed by atoms with Crippen molar-refractivity contribution in [3.05, 3.63) is 77.7 Å². The quantitative estimate of drug-likeness (QED) is 0.438. The molecule has 4 aromatic rings. The molecule has 0 aliphatic rings. The Morgan fingerprint density at radius 3 is 2.46 bits per heavy atom. The second kappa shape index (κ2) is 6.81. The Morgan fingerprint density at radius 1 is 0.964 bits per heavy atom. The molecule has 0 unspecified atom stereocenters. The number of ketones is 1. The Balaban J connectivity index is 1.66. The van der Waals surface area contributed by atoms with Crippen molar-refractivity contribution in [3.63, 3.8) is 0 Å². The van der Waals surface area contributed by atoms with Crippen LogP contribution in [0, 0.1) is 13.8 Å². The molecule has 28 heavy (non-hydrogen) atoms. The van der Waals surface area contributed by atoms with Crippen LogP contribution in [0.5, 0.6) is 0 Å². The van der Waals surface area contributed by atoms with Crippen molar-refractivity contribution in [1.82, 2.24) is 14.3 Å². The predicted octanol–water partition coefficient (Wildman–Crippen LogP) is 3.80. The van der Waals surface area contributed by atoms with E-state index in [2.05, 4.69) is 10.4 Å². The molecule has 2 aromatic carbocycles. The standard InChI is InChI=1S/C22H20N4O2/c1-14-20(15(2)26(24-14)16-8-5-4-6-9-16)21(27)22(28)23-18-10-7-11-19-17(18)12-13-25(19)3/h4-13H,1-3H3,(H,23,28). The summed E-state index contributed by atoms with van der Waals surface area (Å²) in [7, 11) is 1.93. The molecule has 0 spiro atoms. The summed E-state index contributed by atoms with van der Waals surface area (Å²) in [6.45, 7) is 3.54. The summed E-state index contributed by atoms with van der Waals surface area (Å²) in [5, 5.41) is 8.11. The molecule has 0 atom stereocenters.